The number of anilines is 1. The van der Waals surface area contributed by atoms with Crippen LogP contribution in [0.5, 0.6) is 0 Å². The molecule has 1 heterocycles. The monoisotopic (exact) mass is 220 g/mol. The number of nitrogens with zero attached hydrogens (tertiary/aromatic N) is 1. The van der Waals surface area contributed by atoms with Crippen molar-refractivity contribution < 1.29 is 14.3 Å². The van der Waals surface area contributed by atoms with Gasteiger partial charge in [-0.1, -0.05) is 0 Å². The van der Waals surface area contributed by atoms with Crippen molar-refractivity contribution in [2.24, 2.45) is 0 Å². The van der Waals surface area contributed by atoms with E-state index in [9.17, 15) is 9.59 Å². The first kappa shape index (κ1) is 11.9. The van der Waals surface area contributed by atoms with E-state index in [1.54, 1.807) is 24.4 Å². The summed E-state index contributed by atoms with van der Waals surface area (Å²) in [6, 6.07) is 3.38. The van der Waals surface area contributed by atoms with Gasteiger partial charge in [0.1, 0.15) is 5.82 Å². The number of methoxy groups -OCH3 is 1. The number of ether oxygens (including phenoxy) is 1. The van der Waals surface area contributed by atoms with Gasteiger partial charge in [-0.05, 0) is 23.8 Å². The number of hydrogen-bond donors (Lipinski definition) is 1. The zero-order valence-electron chi connectivity index (χ0n) is 9.06. The molecule has 5 heteroatoms. The normalized spacial score (nSPS) is 10.1. The molecule has 5 nitrogen and oxygen atoms in total. The van der Waals surface area contributed by atoms with E-state index >= 15 is 0 Å². The van der Waals surface area contributed by atoms with Gasteiger partial charge in [0.25, 0.3) is 0 Å². The van der Waals surface area contributed by atoms with Gasteiger partial charge in [-0.2, -0.15) is 0 Å². The number of esters is 1. The summed E-state index contributed by atoms with van der Waals surface area (Å²) in [6.45, 7) is 1.41. The molecule has 1 aromatic heterocycles. The maximum atomic E-state index is 10.8. The fourth-order valence-electron chi connectivity index (χ4n) is 0.990. The molecule has 0 atom stereocenters. The first-order chi connectivity index (χ1) is 7.61. The fourth-order valence-corrected chi connectivity index (χ4v) is 0.990. The van der Waals surface area contributed by atoms with Crippen LogP contribution in [0.2, 0.25) is 0 Å². The average Bonchev–Trinajstić information content (AvgIpc) is 2.27. The summed E-state index contributed by atoms with van der Waals surface area (Å²) < 4.78 is 4.45. The van der Waals surface area contributed by atoms with E-state index < -0.39 is 5.97 Å². The van der Waals surface area contributed by atoms with Gasteiger partial charge in [-0.15, -0.1) is 0 Å². The van der Waals surface area contributed by atoms with Crippen LogP contribution in [0.1, 0.15) is 12.5 Å². The van der Waals surface area contributed by atoms with Crippen molar-refractivity contribution in [1.29, 1.82) is 0 Å². The van der Waals surface area contributed by atoms with Gasteiger partial charge in [-0.25, -0.2) is 9.78 Å². The van der Waals surface area contributed by atoms with Gasteiger partial charge >= 0.3 is 5.97 Å². The van der Waals surface area contributed by atoms with E-state index in [4.69, 9.17) is 0 Å². The molecule has 0 aliphatic heterocycles. The van der Waals surface area contributed by atoms with E-state index in [1.165, 1.54) is 20.1 Å². The van der Waals surface area contributed by atoms with Crippen molar-refractivity contribution in [2.75, 3.05) is 12.4 Å². The lowest BCUT2D eigenvalue weighted by molar-refractivity contribution is -0.134. The van der Waals surface area contributed by atoms with Crippen molar-refractivity contribution in [3.8, 4) is 0 Å². The first-order valence-corrected chi connectivity index (χ1v) is 4.61. The van der Waals surface area contributed by atoms with Crippen LogP contribution < -0.4 is 5.32 Å². The van der Waals surface area contributed by atoms with Gasteiger partial charge < -0.3 is 10.1 Å². The number of aromatic nitrogens is 1. The van der Waals surface area contributed by atoms with Crippen LogP contribution >= 0.6 is 0 Å². The fraction of sp³-hybridized carbons (Fsp3) is 0.182. The van der Waals surface area contributed by atoms with Gasteiger partial charge in [0, 0.05) is 19.2 Å². The van der Waals surface area contributed by atoms with Crippen molar-refractivity contribution in [3.05, 3.63) is 30.0 Å². The molecule has 1 amide bonds. The highest BCUT2D eigenvalue weighted by Crippen LogP contribution is 2.06. The smallest absolute Gasteiger partial charge is 0.330 e. The maximum Gasteiger partial charge on any atom is 0.330 e. The molecule has 16 heavy (non-hydrogen) atoms. The second kappa shape index (κ2) is 5.65. The van der Waals surface area contributed by atoms with Gasteiger partial charge in [0.05, 0.1) is 7.11 Å². The van der Waals surface area contributed by atoms with Crippen LogP contribution in [-0.4, -0.2) is 24.0 Å². The molecule has 1 rings (SSSR count). The second-order valence-electron chi connectivity index (χ2n) is 3.01. The molecule has 0 unspecified atom stereocenters. The number of pyridine rings is 1. The molecule has 1 N–H and O–H groups in total. The molecular formula is C11H12N2O3. The highest BCUT2D eigenvalue weighted by Gasteiger charge is 1.96. The number of nitrogens with one attached hydrogen (secondary N) is 1. The molecule has 0 aromatic carbocycles. The molecule has 0 aliphatic rings. The Morgan fingerprint density at radius 1 is 1.44 bits per heavy atom. The number of rotatable bonds is 3. The van der Waals surface area contributed by atoms with Gasteiger partial charge in [0.15, 0.2) is 0 Å². The summed E-state index contributed by atoms with van der Waals surface area (Å²) in [4.78, 5) is 25.5. The predicted octanol–water partition coefficient (Wildman–Crippen LogP) is 1.23. The average molecular weight is 220 g/mol. The van der Waals surface area contributed by atoms with Crippen molar-refractivity contribution in [3.63, 3.8) is 0 Å². The number of carbonyl (C=O) groups is 2. The Balaban J connectivity index is 2.68. The summed E-state index contributed by atoms with van der Waals surface area (Å²) in [5.74, 6) is -0.126. The third-order valence-electron chi connectivity index (χ3n) is 1.70. The van der Waals surface area contributed by atoms with Gasteiger partial charge in [-0.3, -0.25) is 4.79 Å². The molecule has 0 spiro atoms. The Hall–Kier alpha value is -2.17. The largest absolute Gasteiger partial charge is 0.466 e. The third-order valence-corrected chi connectivity index (χ3v) is 1.70. The summed E-state index contributed by atoms with van der Waals surface area (Å²) in [7, 11) is 1.31. The van der Waals surface area contributed by atoms with E-state index in [-0.39, 0.29) is 5.91 Å². The van der Waals surface area contributed by atoms with Crippen LogP contribution in [0.25, 0.3) is 6.08 Å². The molecule has 0 radical (unpaired) electrons. The standard InChI is InChI=1S/C11H12N2O3/c1-8(14)13-10-5-3-9(7-12-10)4-6-11(15)16-2/h3-7H,1-2H3,(H,12,13,14)/b6-4+. The van der Waals surface area contributed by atoms with E-state index in [0.29, 0.717) is 5.82 Å². The first-order valence-electron chi connectivity index (χ1n) is 4.61. The maximum absolute atomic E-state index is 10.8. The molecule has 0 saturated carbocycles. The molecule has 1 aromatic rings. The predicted molar refractivity (Wildman–Crippen MR) is 59.6 cm³/mol. The van der Waals surface area contributed by atoms with Crippen LogP contribution in [0, 0.1) is 0 Å². The summed E-state index contributed by atoms with van der Waals surface area (Å²) in [5, 5.41) is 2.54. The Labute approximate surface area is 93.1 Å². The van der Waals surface area contributed by atoms with Crippen molar-refractivity contribution in [1.82, 2.24) is 4.98 Å². The van der Waals surface area contributed by atoms with E-state index in [1.807, 2.05) is 0 Å². The lowest BCUT2D eigenvalue weighted by atomic mass is 10.2. The highest BCUT2D eigenvalue weighted by atomic mass is 16.5. The van der Waals surface area contributed by atoms with Crippen molar-refractivity contribution in [2.45, 2.75) is 6.92 Å². The minimum atomic E-state index is -0.425. The minimum Gasteiger partial charge on any atom is -0.466 e. The lowest BCUT2D eigenvalue weighted by Gasteiger charge is -2.00. The Morgan fingerprint density at radius 2 is 2.19 bits per heavy atom. The molecule has 0 bridgehead atoms. The summed E-state index contributed by atoms with van der Waals surface area (Å²) >= 11 is 0. The Morgan fingerprint density at radius 3 is 2.69 bits per heavy atom. The van der Waals surface area contributed by atoms with Crippen LogP contribution in [-0.2, 0) is 14.3 Å². The molecular weight excluding hydrogens is 208 g/mol. The lowest BCUT2D eigenvalue weighted by Crippen LogP contribution is -2.06. The highest BCUT2D eigenvalue weighted by molar-refractivity contribution is 5.88. The van der Waals surface area contributed by atoms with Crippen LogP contribution in [0.15, 0.2) is 24.4 Å². The number of amides is 1. The summed E-state index contributed by atoms with van der Waals surface area (Å²) in [5.41, 5.74) is 0.750. The third kappa shape index (κ3) is 3.91. The molecule has 84 valence electrons. The SMILES string of the molecule is COC(=O)/C=C/c1ccc(NC(C)=O)nc1. The van der Waals surface area contributed by atoms with Crippen LogP contribution in [0.4, 0.5) is 5.82 Å². The van der Waals surface area contributed by atoms with E-state index in [0.717, 1.165) is 5.56 Å². The molecule has 0 aliphatic carbocycles. The van der Waals surface area contributed by atoms with Crippen LogP contribution in [0.3, 0.4) is 0 Å². The zero-order chi connectivity index (χ0) is 12.0. The summed E-state index contributed by atoms with van der Waals surface area (Å²) in [6.07, 6.45) is 4.43. The van der Waals surface area contributed by atoms with Gasteiger partial charge in [0.2, 0.25) is 5.91 Å². The second-order valence-corrected chi connectivity index (χ2v) is 3.01. The zero-order valence-corrected chi connectivity index (χ0v) is 9.06. The molecule has 0 fully saturated rings. The number of hydrogen-bond acceptors (Lipinski definition) is 4. The van der Waals surface area contributed by atoms with E-state index in [2.05, 4.69) is 15.0 Å². The minimum absolute atomic E-state index is 0.176. The number of carbonyl (C=O) groups excluding carboxylic acids is 2. The van der Waals surface area contributed by atoms with Crippen molar-refractivity contribution >= 4 is 23.8 Å². The quantitative estimate of drug-likeness (QED) is 0.614. The Kier molecular flexibility index (Phi) is 4.20. The molecule has 0 saturated heterocycles. The Bertz CT molecular complexity index is 410. The topological polar surface area (TPSA) is 68.3 Å².